The van der Waals surface area contributed by atoms with Gasteiger partial charge in [0.05, 0.1) is 18.7 Å². The molecule has 0 bridgehead atoms. The quantitative estimate of drug-likeness (QED) is 0.746. The number of hydrogen-bond donors (Lipinski definition) is 2. The first-order chi connectivity index (χ1) is 8.56. The summed E-state index contributed by atoms with van der Waals surface area (Å²) in [6, 6.07) is 0. The molecule has 1 rings (SSSR count). The number of rotatable bonds is 6. The summed E-state index contributed by atoms with van der Waals surface area (Å²) in [6.45, 7) is 4.12. The van der Waals surface area contributed by atoms with Crippen LogP contribution in [0.3, 0.4) is 0 Å². The maximum atomic E-state index is 11.6. The summed E-state index contributed by atoms with van der Waals surface area (Å²) >= 11 is 1.27. The Kier molecular flexibility index (Phi) is 5.73. The lowest BCUT2D eigenvalue weighted by molar-refractivity contribution is -0.142. The molecular formula is C11H17N3O3S. The maximum absolute atomic E-state index is 11.6. The highest BCUT2D eigenvalue weighted by Gasteiger charge is 2.14. The molecule has 0 saturated heterocycles. The van der Waals surface area contributed by atoms with Crippen LogP contribution in [-0.2, 0) is 20.7 Å². The molecule has 18 heavy (non-hydrogen) atoms. The summed E-state index contributed by atoms with van der Waals surface area (Å²) in [5, 5.41) is 4.85. The molecule has 1 unspecified atom stereocenters. The minimum Gasteiger partial charge on any atom is -0.466 e. The average Bonchev–Trinajstić information content (AvgIpc) is 2.75. The molecule has 0 aromatic carbocycles. The van der Waals surface area contributed by atoms with Crippen LogP contribution in [0.4, 0.5) is 5.13 Å². The zero-order chi connectivity index (χ0) is 13.5. The lowest BCUT2D eigenvalue weighted by Crippen LogP contribution is -2.26. The molecule has 0 spiro atoms. The van der Waals surface area contributed by atoms with Crippen LogP contribution in [0.15, 0.2) is 5.38 Å². The van der Waals surface area contributed by atoms with Crippen molar-refractivity contribution in [2.24, 2.45) is 11.7 Å². The fraction of sp³-hybridized carbons (Fsp3) is 0.545. The number of nitrogens with zero attached hydrogens (tertiary/aromatic N) is 1. The first-order valence-electron chi connectivity index (χ1n) is 5.67. The van der Waals surface area contributed by atoms with E-state index in [1.165, 1.54) is 11.3 Å². The monoisotopic (exact) mass is 271 g/mol. The van der Waals surface area contributed by atoms with Crippen molar-refractivity contribution in [3.8, 4) is 0 Å². The topological polar surface area (TPSA) is 94.3 Å². The lowest BCUT2D eigenvalue weighted by atomic mass is 10.2. The SMILES string of the molecule is CCOC(=O)Cc1csc(NC(=O)C(C)CN)n1. The van der Waals surface area contributed by atoms with E-state index < -0.39 is 0 Å². The fourth-order valence-corrected chi connectivity index (χ4v) is 1.85. The van der Waals surface area contributed by atoms with Crippen LogP contribution in [0.25, 0.3) is 0 Å². The molecule has 3 N–H and O–H groups in total. The number of anilines is 1. The van der Waals surface area contributed by atoms with Crippen molar-refractivity contribution in [3.05, 3.63) is 11.1 Å². The molecule has 1 amide bonds. The van der Waals surface area contributed by atoms with Crippen molar-refractivity contribution < 1.29 is 14.3 Å². The number of nitrogens with two attached hydrogens (primary N) is 1. The number of nitrogens with one attached hydrogen (secondary N) is 1. The van der Waals surface area contributed by atoms with Crippen molar-refractivity contribution >= 4 is 28.3 Å². The third-order valence-electron chi connectivity index (χ3n) is 2.21. The van der Waals surface area contributed by atoms with Crippen LogP contribution in [-0.4, -0.2) is 30.0 Å². The largest absolute Gasteiger partial charge is 0.466 e. The second-order valence-electron chi connectivity index (χ2n) is 3.75. The second kappa shape index (κ2) is 7.07. The molecule has 1 atom stereocenters. The molecule has 7 heteroatoms. The molecule has 1 aromatic rings. The van der Waals surface area contributed by atoms with Crippen LogP contribution in [0.1, 0.15) is 19.5 Å². The van der Waals surface area contributed by atoms with E-state index in [4.69, 9.17) is 10.5 Å². The Morgan fingerprint density at radius 1 is 1.61 bits per heavy atom. The molecule has 0 saturated carbocycles. The second-order valence-corrected chi connectivity index (χ2v) is 4.61. The Morgan fingerprint density at radius 3 is 2.94 bits per heavy atom. The van der Waals surface area contributed by atoms with E-state index in [1.807, 2.05) is 0 Å². The number of carbonyl (C=O) groups is 2. The van der Waals surface area contributed by atoms with Gasteiger partial charge in [-0.2, -0.15) is 0 Å². The minimum absolute atomic E-state index is 0.118. The van der Waals surface area contributed by atoms with Gasteiger partial charge in [-0.3, -0.25) is 9.59 Å². The van der Waals surface area contributed by atoms with Crippen LogP contribution in [0, 0.1) is 5.92 Å². The van der Waals surface area contributed by atoms with Crippen LogP contribution >= 0.6 is 11.3 Å². The first-order valence-corrected chi connectivity index (χ1v) is 6.55. The number of ether oxygens (including phenoxy) is 1. The molecule has 0 fully saturated rings. The van der Waals surface area contributed by atoms with E-state index in [-0.39, 0.29) is 30.8 Å². The number of carbonyl (C=O) groups excluding carboxylic acids is 2. The number of amides is 1. The van der Waals surface area contributed by atoms with Crippen molar-refractivity contribution in [2.75, 3.05) is 18.5 Å². The number of hydrogen-bond acceptors (Lipinski definition) is 6. The summed E-state index contributed by atoms with van der Waals surface area (Å²) < 4.78 is 4.81. The number of esters is 1. The van der Waals surface area contributed by atoms with Gasteiger partial charge in [0.1, 0.15) is 0 Å². The molecule has 1 aromatic heterocycles. The van der Waals surface area contributed by atoms with Crippen LogP contribution in [0.2, 0.25) is 0 Å². The molecule has 0 aliphatic heterocycles. The Balaban J connectivity index is 2.53. The van der Waals surface area contributed by atoms with Gasteiger partial charge in [-0.25, -0.2) is 4.98 Å². The van der Waals surface area contributed by atoms with Gasteiger partial charge in [-0.1, -0.05) is 6.92 Å². The van der Waals surface area contributed by atoms with Gasteiger partial charge < -0.3 is 15.8 Å². The van der Waals surface area contributed by atoms with E-state index in [9.17, 15) is 9.59 Å². The zero-order valence-corrected chi connectivity index (χ0v) is 11.3. The molecule has 0 radical (unpaired) electrons. The van der Waals surface area contributed by atoms with E-state index in [1.54, 1.807) is 19.2 Å². The standard InChI is InChI=1S/C11H17N3O3S/c1-3-17-9(15)4-8-6-18-11(13-8)14-10(16)7(2)5-12/h6-7H,3-5,12H2,1-2H3,(H,13,14,16). The highest BCUT2D eigenvalue weighted by Crippen LogP contribution is 2.16. The lowest BCUT2D eigenvalue weighted by Gasteiger charge is -2.06. The summed E-state index contributed by atoms with van der Waals surface area (Å²) in [5.74, 6) is -0.757. The van der Waals surface area contributed by atoms with Crippen molar-refractivity contribution in [1.29, 1.82) is 0 Å². The van der Waals surface area contributed by atoms with E-state index in [0.717, 1.165) is 0 Å². The van der Waals surface area contributed by atoms with Gasteiger partial charge in [0, 0.05) is 17.8 Å². The summed E-state index contributed by atoms with van der Waals surface area (Å²) in [7, 11) is 0. The maximum Gasteiger partial charge on any atom is 0.311 e. The molecule has 0 aliphatic carbocycles. The summed E-state index contributed by atoms with van der Waals surface area (Å²) in [6.07, 6.45) is 0.118. The van der Waals surface area contributed by atoms with Gasteiger partial charge in [0.2, 0.25) is 5.91 Å². The van der Waals surface area contributed by atoms with E-state index in [0.29, 0.717) is 17.4 Å². The highest BCUT2D eigenvalue weighted by molar-refractivity contribution is 7.13. The van der Waals surface area contributed by atoms with Gasteiger partial charge in [-0.15, -0.1) is 11.3 Å². The molecule has 100 valence electrons. The Labute approximate surface area is 110 Å². The van der Waals surface area contributed by atoms with Gasteiger partial charge in [0.15, 0.2) is 5.13 Å². The first kappa shape index (κ1) is 14.6. The van der Waals surface area contributed by atoms with Crippen LogP contribution in [0.5, 0.6) is 0 Å². The molecule has 1 heterocycles. The summed E-state index contributed by atoms with van der Waals surface area (Å²) in [5.41, 5.74) is 5.98. The predicted octanol–water partition coefficient (Wildman–Crippen LogP) is 0.782. The molecular weight excluding hydrogens is 254 g/mol. The van der Waals surface area contributed by atoms with E-state index >= 15 is 0 Å². The summed E-state index contributed by atoms with van der Waals surface area (Å²) in [4.78, 5) is 26.9. The van der Waals surface area contributed by atoms with Gasteiger partial charge in [0.25, 0.3) is 0 Å². The molecule has 6 nitrogen and oxygen atoms in total. The number of aromatic nitrogens is 1. The van der Waals surface area contributed by atoms with Crippen molar-refractivity contribution in [2.45, 2.75) is 20.3 Å². The minimum atomic E-state index is -0.323. The Bertz CT molecular complexity index is 419. The predicted molar refractivity (Wildman–Crippen MR) is 69.3 cm³/mol. The average molecular weight is 271 g/mol. The van der Waals surface area contributed by atoms with Crippen molar-refractivity contribution in [3.63, 3.8) is 0 Å². The van der Waals surface area contributed by atoms with E-state index in [2.05, 4.69) is 10.3 Å². The fourth-order valence-electron chi connectivity index (χ4n) is 1.14. The third-order valence-corrected chi connectivity index (χ3v) is 3.02. The van der Waals surface area contributed by atoms with Gasteiger partial charge in [-0.05, 0) is 6.92 Å². The Morgan fingerprint density at radius 2 is 2.33 bits per heavy atom. The van der Waals surface area contributed by atoms with Crippen LogP contribution < -0.4 is 11.1 Å². The Hall–Kier alpha value is -1.47. The normalized spacial score (nSPS) is 11.9. The third kappa shape index (κ3) is 4.42. The van der Waals surface area contributed by atoms with Crippen molar-refractivity contribution in [1.82, 2.24) is 4.98 Å². The zero-order valence-electron chi connectivity index (χ0n) is 10.4. The van der Waals surface area contributed by atoms with Gasteiger partial charge >= 0.3 is 5.97 Å². The number of thiazole rings is 1. The smallest absolute Gasteiger partial charge is 0.311 e. The highest BCUT2D eigenvalue weighted by atomic mass is 32.1. The molecule has 0 aliphatic rings.